The van der Waals surface area contributed by atoms with Crippen LogP contribution in [0.4, 0.5) is 10.2 Å². The molecule has 0 spiro atoms. The summed E-state index contributed by atoms with van der Waals surface area (Å²) in [5, 5.41) is 9.68. The minimum absolute atomic E-state index is 0.207. The molecule has 0 radical (unpaired) electrons. The average molecular weight is 408 g/mol. The molecule has 0 unspecified atom stereocenters. The van der Waals surface area contributed by atoms with E-state index in [0.29, 0.717) is 23.2 Å². The molecule has 2 fully saturated rings. The van der Waals surface area contributed by atoms with Crippen LogP contribution in [0.15, 0.2) is 47.4 Å². The lowest BCUT2D eigenvalue weighted by molar-refractivity contribution is 0.0695. The summed E-state index contributed by atoms with van der Waals surface area (Å²) in [6.45, 7) is 1.68. The van der Waals surface area contributed by atoms with E-state index < -0.39 is 17.2 Å². The van der Waals surface area contributed by atoms with Gasteiger partial charge < -0.3 is 20.3 Å². The lowest BCUT2D eigenvalue weighted by Gasteiger charge is -2.50. The SMILES string of the molecule is N[C@@H]1C[C@@H]2CCN(c3ccc4c(=O)c(C(=O)O)cn(-c5ccc(F)cc5)c4n3)C[C@@H]21. The highest BCUT2D eigenvalue weighted by Crippen LogP contribution is 2.40. The molecule has 3 atom stereocenters. The number of carbonyl (C=O) groups is 1. The molecule has 1 aliphatic carbocycles. The van der Waals surface area contributed by atoms with Gasteiger partial charge in [0.05, 0.1) is 5.39 Å². The van der Waals surface area contributed by atoms with Gasteiger partial charge in [0.1, 0.15) is 17.2 Å². The van der Waals surface area contributed by atoms with Crippen molar-refractivity contribution >= 4 is 22.8 Å². The van der Waals surface area contributed by atoms with Gasteiger partial charge in [-0.05, 0) is 61.1 Å². The number of hydrogen-bond acceptors (Lipinski definition) is 5. The van der Waals surface area contributed by atoms with Gasteiger partial charge in [0.25, 0.3) is 0 Å². The van der Waals surface area contributed by atoms with E-state index in [2.05, 4.69) is 4.90 Å². The maximum Gasteiger partial charge on any atom is 0.341 e. The lowest BCUT2D eigenvalue weighted by Crippen LogP contribution is -2.56. The molecule has 30 heavy (non-hydrogen) atoms. The van der Waals surface area contributed by atoms with E-state index in [-0.39, 0.29) is 17.0 Å². The summed E-state index contributed by atoms with van der Waals surface area (Å²) < 4.78 is 14.9. The van der Waals surface area contributed by atoms with Gasteiger partial charge in [-0.15, -0.1) is 0 Å². The van der Waals surface area contributed by atoms with E-state index in [1.165, 1.54) is 35.0 Å². The van der Waals surface area contributed by atoms with Crippen LogP contribution in [-0.2, 0) is 0 Å². The summed E-state index contributed by atoms with van der Waals surface area (Å²) >= 11 is 0. The molecule has 154 valence electrons. The number of anilines is 1. The van der Waals surface area contributed by atoms with Crippen molar-refractivity contribution in [3.8, 4) is 5.69 Å². The van der Waals surface area contributed by atoms with Crippen LogP contribution in [-0.4, -0.2) is 39.8 Å². The Hall–Kier alpha value is -3.26. The largest absolute Gasteiger partial charge is 0.477 e. The molecule has 1 aliphatic heterocycles. The molecule has 3 heterocycles. The number of benzene rings is 1. The van der Waals surface area contributed by atoms with Gasteiger partial charge in [-0.25, -0.2) is 14.2 Å². The van der Waals surface area contributed by atoms with Crippen molar-refractivity contribution in [2.24, 2.45) is 17.6 Å². The number of fused-ring (bicyclic) bond motifs is 2. The Morgan fingerprint density at radius 2 is 1.97 bits per heavy atom. The molecule has 3 N–H and O–H groups in total. The highest BCUT2D eigenvalue weighted by atomic mass is 19.1. The first kappa shape index (κ1) is 18.7. The number of aromatic carboxylic acids is 1. The predicted octanol–water partition coefficient (Wildman–Crippen LogP) is 2.40. The Morgan fingerprint density at radius 3 is 2.67 bits per heavy atom. The first-order valence-corrected chi connectivity index (χ1v) is 9.98. The number of carboxylic acid groups (broad SMARTS) is 1. The molecule has 7 nitrogen and oxygen atoms in total. The molecule has 2 aliphatic rings. The van der Waals surface area contributed by atoms with Crippen LogP contribution in [0.3, 0.4) is 0 Å². The van der Waals surface area contributed by atoms with Crippen molar-refractivity contribution in [2.75, 3.05) is 18.0 Å². The van der Waals surface area contributed by atoms with Crippen LogP contribution in [0.5, 0.6) is 0 Å². The van der Waals surface area contributed by atoms with E-state index in [9.17, 15) is 19.1 Å². The molecule has 0 amide bonds. The minimum Gasteiger partial charge on any atom is -0.477 e. The molecule has 0 bridgehead atoms. The van der Waals surface area contributed by atoms with Gasteiger partial charge in [-0.1, -0.05) is 0 Å². The van der Waals surface area contributed by atoms with Crippen LogP contribution < -0.4 is 16.1 Å². The predicted molar refractivity (Wildman–Crippen MR) is 111 cm³/mol. The molecular formula is C22H21FN4O3. The number of hydrogen-bond donors (Lipinski definition) is 2. The van der Waals surface area contributed by atoms with Crippen LogP contribution in [0.1, 0.15) is 23.2 Å². The maximum absolute atomic E-state index is 13.4. The van der Waals surface area contributed by atoms with E-state index in [1.54, 1.807) is 12.1 Å². The average Bonchev–Trinajstić information content (AvgIpc) is 2.73. The van der Waals surface area contributed by atoms with Crippen molar-refractivity contribution in [1.82, 2.24) is 9.55 Å². The van der Waals surface area contributed by atoms with Crippen LogP contribution >= 0.6 is 0 Å². The van der Waals surface area contributed by atoms with E-state index in [1.807, 2.05) is 0 Å². The van der Waals surface area contributed by atoms with Crippen molar-refractivity contribution in [2.45, 2.75) is 18.9 Å². The van der Waals surface area contributed by atoms with Gasteiger partial charge in [-0.3, -0.25) is 4.79 Å². The third-order valence-corrected chi connectivity index (χ3v) is 6.43. The second-order valence-electron chi connectivity index (χ2n) is 8.12. The van der Waals surface area contributed by atoms with E-state index in [4.69, 9.17) is 10.7 Å². The third-order valence-electron chi connectivity index (χ3n) is 6.43. The number of aromatic nitrogens is 2. The van der Waals surface area contributed by atoms with Crippen molar-refractivity contribution in [3.05, 3.63) is 64.2 Å². The number of rotatable bonds is 3. The highest BCUT2D eigenvalue weighted by Gasteiger charge is 2.42. The fraction of sp³-hybridized carbons (Fsp3) is 0.318. The zero-order valence-corrected chi connectivity index (χ0v) is 16.2. The molecule has 1 saturated carbocycles. The third kappa shape index (κ3) is 2.95. The van der Waals surface area contributed by atoms with Crippen LogP contribution in [0, 0.1) is 17.7 Å². The highest BCUT2D eigenvalue weighted by molar-refractivity contribution is 5.92. The van der Waals surface area contributed by atoms with Gasteiger partial charge in [-0.2, -0.15) is 0 Å². The molecule has 1 aromatic carbocycles. The Labute approximate surface area is 171 Å². The maximum atomic E-state index is 13.4. The van der Waals surface area contributed by atoms with Gasteiger partial charge >= 0.3 is 5.97 Å². The van der Waals surface area contributed by atoms with Crippen molar-refractivity contribution < 1.29 is 14.3 Å². The Morgan fingerprint density at radius 1 is 1.20 bits per heavy atom. The van der Waals surface area contributed by atoms with Crippen LogP contribution in [0.25, 0.3) is 16.7 Å². The normalized spacial score (nSPS) is 23.1. The fourth-order valence-corrected chi connectivity index (χ4v) is 4.67. The summed E-state index contributed by atoms with van der Waals surface area (Å²) in [6.07, 6.45) is 3.39. The number of pyridine rings is 2. The molecule has 3 aromatic rings. The number of piperidine rings is 1. The minimum atomic E-state index is -1.32. The summed E-state index contributed by atoms with van der Waals surface area (Å²) in [7, 11) is 0. The van der Waals surface area contributed by atoms with Crippen molar-refractivity contribution in [1.29, 1.82) is 0 Å². The first-order valence-electron chi connectivity index (χ1n) is 9.98. The zero-order valence-electron chi connectivity index (χ0n) is 16.2. The van der Waals surface area contributed by atoms with Gasteiger partial charge in [0.2, 0.25) is 5.43 Å². The van der Waals surface area contributed by atoms with E-state index in [0.717, 1.165) is 31.7 Å². The number of nitrogens with zero attached hydrogens (tertiary/aromatic N) is 3. The zero-order chi connectivity index (χ0) is 21.0. The van der Waals surface area contributed by atoms with Crippen molar-refractivity contribution in [3.63, 3.8) is 0 Å². The number of halogens is 1. The van der Waals surface area contributed by atoms with Gasteiger partial charge in [0.15, 0.2) is 5.65 Å². The molecule has 1 saturated heterocycles. The quantitative estimate of drug-likeness (QED) is 0.690. The Balaban J connectivity index is 1.65. The molecule has 2 aromatic heterocycles. The summed E-state index contributed by atoms with van der Waals surface area (Å²) in [5.41, 5.74) is 6.08. The second kappa shape index (κ2) is 6.91. The topological polar surface area (TPSA) is 101 Å². The Bertz CT molecular complexity index is 1210. The Kier molecular flexibility index (Phi) is 4.32. The molecular weight excluding hydrogens is 387 g/mol. The number of nitrogens with two attached hydrogens (primary N) is 1. The van der Waals surface area contributed by atoms with Gasteiger partial charge in [0, 0.05) is 31.0 Å². The summed E-state index contributed by atoms with van der Waals surface area (Å²) in [5.74, 6) is 0.120. The standard InChI is InChI=1S/C22H21FN4O3/c23-13-1-3-14(4-2-13)27-11-17(22(29)30)20(28)15-5-6-19(25-21(15)27)26-8-7-12-9-18(24)16(12)10-26/h1-6,11-12,16,18H,7-10,24H2,(H,29,30)/t12-,16-,18+/m0/s1. The first-order chi connectivity index (χ1) is 14.4. The van der Waals surface area contributed by atoms with Crippen LogP contribution in [0.2, 0.25) is 0 Å². The summed E-state index contributed by atoms with van der Waals surface area (Å²) in [6, 6.07) is 9.22. The second-order valence-corrected chi connectivity index (χ2v) is 8.12. The smallest absolute Gasteiger partial charge is 0.341 e. The fourth-order valence-electron chi connectivity index (χ4n) is 4.67. The molecule has 8 heteroatoms. The van der Waals surface area contributed by atoms with E-state index >= 15 is 0 Å². The monoisotopic (exact) mass is 408 g/mol. The molecule has 5 rings (SSSR count). The summed E-state index contributed by atoms with van der Waals surface area (Å²) in [4.78, 5) is 31.2. The number of carboxylic acids is 1. The lowest BCUT2D eigenvalue weighted by atomic mass is 9.66.